The fourth-order valence-electron chi connectivity index (χ4n) is 2.63. The highest BCUT2D eigenvalue weighted by atomic mass is 32.1. The third kappa shape index (κ3) is 3.08. The van der Waals surface area contributed by atoms with Gasteiger partial charge in [-0.2, -0.15) is 0 Å². The second-order valence-electron chi connectivity index (χ2n) is 5.85. The van der Waals surface area contributed by atoms with Crippen LogP contribution in [0.25, 0.3) is 10.8 Å². The standard InChI is InChI=1S/C16H20N2O3S/c1-10-5-6-18(9-13(10)19)15(20)8-12-11(2)21-16(17-12)14-4-3-7-22-14/h3-4,7,10,13,19H,5-6,8-9H2,1-2H3. The van der Waals surface area contributed by atoms with E-state index in [1.807, 2.05) is 31.4 Å². The summed E-state index contributed by atoms with van der Waals surface area (Å²) in [6.45, 7) is 4.96. The molecule has 0 saturated carbocycles. The van der Waals surface area contributed by atoms with E-state index in [0.717, 1.165) is 11.3 Å². The van der Waals surface area contributed by atoms with E-state index in [1.54, 1.807) is 16.2 Å². The van der Waals surface area contributed by atoms with Gasteiger partial charge in [-0.1, -0.05) is 13.0 Å². The van der Waals surface area contributed by atoms with Crippen molar-refractivity contribution in [3.63, 3.8) is 0 Å². The number of aromatic nitrogens is 1. The minimum atomic E-state index is -0.433. The molecule has 0 bridgehead atoms. The zero-order valence-corrected chi connectivity index (χ0v) is 13.6. The zero-order valence-electron chi connectivity index (χ0n) is 12.8. The largest absolute Gasteiger partial charge is 0.440 e. The number of hydrogen-bond donors (Lipinski definition) is 1. The van der Waals surface area contributed by atoms with E-state index >= 15 is 0 Å². The number of amides is 1. The van der Waals surface area contributed by atoms with Crippen LogP contribution < -0.4 is 0 Å². The molecule has 2 aromatic rings. The molecule has 2 unspecified atom stereocenters. The molecular formula is C16H20N2O3S. The van der Waals surface area contributed by atoms with Crippen LogP contribution in [0, 0.1) is 12.8 Å². The number of likely N-dealkylation sites (tertiary alicyclic amines) is 1. The van der Waals surface area contributed by atoms with Crippen molar-refractivity contribution in [2.45, 2.75) is 32.8 Å². The summed E-state index contributed by atoms with van der Waals surface area (Å²) in [6, 6.07) is 3.89. The molecule has 1 saturated heterocycles. The first kappa shape index (κ1) is 15.2. The maximum Gasteiger partial charge on any atom is 0.236 e. The van der Waals surface area contributed by atoms with E-state index in [-0.39, 0.29) is 18.2 Å². The third-order valence-corrected chi connectivity index (χ3v) is 5.07. The number of carbonyl (C=O) groups excluding carboxylic acids is 1. The lowest BCUT2D eigenvalue weighted by Gasteiger charge is -2.34. The van der Waals surface area contributed by atoms with E-state index < -0.39 is 6.10 Å². The molecular weight excluding hydrogens is 300 g/mol. The number of aryl methyl sites for hydroxylation is 1. The predicted molar refractivity (Wildman–Crippen MR) is 84.6 cm³/mol. The van der Waals surface area contributed by atoms with Gasteiger partial charge in [-0.15, -0.1) is 11.3 Å². The number of piperidine rings is 1. The van der Waals surface area contributed by atoms with Crippen LogP contribution in [-0.4, -0.2) is 40.1 Å². The van der Waals surface area contributed by atoms with Gasteiger partial charge in [0.15, 0.2) is 0 Å². The van der Waals surface area contributed by atoms with Crippen molar-refractivity contribution in [3.8, 4) is 10.8 Å². The number of hydrogen-bond acceptors (Lipinski definition) is 5. The normalized spacial score (nSPS) is 22.0. The summed E-state index contributed by atoms with van der Waals surface area (Å²) in [5, 5.41) is 11.9. The first-order valence-corrected chi connectivity index (χ1v) is 8.38. The number of aliphatic hydroxyl groups is 1. The van der Waals surface area contributed by atoms with Crippen molar-refractivity contribution < 1.29 is 14.3 Å². The average molecular weight is 320 g/mol. The Morgan fingerprint density at radius 3 is 3.09 bits per heavy atom. The summed E-state index contributed by atoms with van der Waals surface area (Å²) in [4.78, 5) is 19.5. The number of aliphatic hydroxyl groups excluding tert-OH is 1. The van der Waals surface area contributed by atoms with E-state index in [4.69, 9.17) is 4.42 Å². The Kier molecular flexibility index (Phi) is 4.31. The molecule has 1 amide bonds. The summed E-state index contributed by atoms with van der Waals surface area (Å²) in [5.41, 5.74) is 0.682. The van der Waals surface area contributed by atoms with Crippen LogP contribution >= 0.6 is 11.3 Å². The van der Waals surface area contributed by atoms with Crippen molar-refractivity contribution in [2.75, 3.05) is 13.1 Å². The van der Waals surface area contributed by atoms with Crippen molar-refractivity contribution in [3.05, 3.63) is 29.0 Å². The molecule has 1 N–H and O–H groups in total. The van der Waals surface area contributed by atoms with E-state index in [1.165, 1.54) is 0 Å². The van der Waals surface area contributed by atoms with Crippen LogP contribution in [0.2, 0.25) is 0 Å². The Labute approximate surface area is 133 Å². The number of thiophene rings is 1. The smallest absolute Gasteiger partial charge is 0.236 e. The number of rotatable bonds is 3. The van der Waals surface area contributed by atoms with Gasteiger partial charge in [0.1, 0.15) is 5.76 Å². The number of oxazole rings is 1. The molecule has 22 heavy (non-hydrogen) atoms. The molecule has 1 aliphatic heterocycles. The molecule has 0 aromatic carbocycles. The Balaban J connectivity index is 1.69. The molecule has 3 heterocycles. The van der Waals surface area contributed by atoms with Crippen molar-refractivity contribution >= 4 is 17.2 Å². The summed E-state index contributed by atoms with van der Waals surface area (Å²) in [5.74, 6) is 1.51. The highest BCUT2D eigenvalue weighted by Crippen LogP contribution is 2.26. The van der Waals surface area contributed by atoms with Gasteiger partial charge in [-0.3, -0.25) is 4.79 Å². The summed E-state index contributed by atoms with van der Waals surface area (Å²) in [7, 11) is 0. The second kappa shape index (κ2) is 6.22. The molecule has 2 atom stereocenters. The van der Waals surface area contributed by atoms with E-state index in [9.17, 15) is 9.90 Å². The number of carbonyl (C=O) groups is 1. The Bertz CT molecular complexity index is 650. The third-order valence-electron chi connectivity index (χ3n) is 4.21. The summed E-state index contributed by atoms with van der Waals surface area (Å²) < 4.78 is 5.66. The highest BCUT2D eigenvalue weighted by Gasteiger charge is 2.28. The first-order chi connectivity index (χ1) is 10.5. The quantitative estimate of drug-likeness (QED) is 0.943. The summed E-state index contributed by atoms with van der Waals surface area (Å²) in [6.07, 6.45) is 0.630. The van der Waals surface area contributed by atoms with E-state index in [0.29, 0.717) is 30.4 Å². The van der Waals surface area contributed by atoms with Gasteiger partial charge in [-0.25, -0.2) is 4.98 Å². The van der Waals surface area contributed by atoms with Crippen LogP contribution in [0.1, 0.15) is 24.8 Å². The Morgan fingerprint density at radius 2 is 2.41 bits per heavy atom. The molecule has 1 aliphatic rings. The Hall–Kier alpha value is -1.66. The van der Waals surface area contributed by atoms with Crippen molar-refractivity contribution in [1.82, 2.24) is 9.88 Å². The van der Waals surface area contributed by atoms with Crippen LogP contribution in [0.4, 0.5) is 0 Å². The van der Waals surface area contributed by atoms with Gasteiger partial charge >= 0.3 is 0 Å². The van der Waals surface area contributed by atoms with Crippen LogP contribution in [0.15, 0.2) is 21.9 Å². The minimum Gasteiger partial charge on any atom is -0.440 e. The van der Waals surface area contributed by atoms with Crippen LogP contribution in [0.3, 0.4) is 0 Å². The van der Waals surface area contributed by atoms with Crippen LogP contribution in [0.5, 0.6) is 0 Å². The molecule has 0 spiro atoms. The lowest BCUT2D eigenvalue weighted by atomic mass is 9.96. The average Bonchev–Trinajstić information content (AvgIpc) is 3.12. The SMILES string of the molecule is Cc1oc(-c2cccs2)nc1CC(=O)N1CCC(C)C(O)C1. The molecule has 5 nitrogen and oxygen atoms in total. The first-order valence-electron chi connectivity index (χ1n) is 7.50. The van der Waals surface area contributed by atoms with Gasteiger partial charge in [-0.05, 0) is 30.7 Å². The zero-order chi connectivity index (χ0) is 15.7. The molecule has 3 rings (SSSR count). The van der Waals surface area contributed by atoms with Crippen molar-refractivity contribution in [1.29, 1.82) is 0 Å². The molecule has 2 aromatic heterocycles. The number of nitrogens with zero attached hydrogens (tertiary/aromatic N) is 2. The van der Waals surface area contributed by atoms with Gasteiger partial charge in [0, 0.05) is 13.1 Å². The van der Waals surface area contributed by atoms with Gasteiger partial charge in [0.05, 0.1) is 23.1 Å². The molecule has 1 fully saturated rings. The second-order valence-corrected chi connectivity index (χ2v) is 6.80. The van der Waals surface area contributed by atoms with Crippen molar-refractivity contribution in [2.24, 2.45) is 5.92 Å². The van der Waals surface area contributed by atoms with Gasteiger partial charge < -0.3 is 14.4 Å². The molecule has 0 radical (unpaired) electrons. The van der Waals surface area contributed by atoms with Gasteiger partial charge in [0.25, 0.3) is 0 Å². The molecule has 6 heteroatoms. The monoisotopic (exact) mass is 320 g/mol. The predicted octanol–water partition coefficient (Wildman–Crippen LogP) is 2.48. The van der Waals surface area contributed by atoms with Gasteiger partial charge in [0.2, 0.25) is 11.8 Å². The number of β-amino-alcohol motifs (C(OH)–C–C–N with tert-alkyl or cyclic N) is 1. The lowest BCUT2D eigenvalue weighted by Crippen LogP contribution is -2.46. The summed E-state index contributed by atoms with van der Waals surface area (Å²) >= 11 is 1.56. The maximum absolute atomic E-state index is 12.4. The topological polar surface area (TPSA) is 66.6 Å². The fourth-order valence-corrected chi connectivity index (χ4v) is 3.28. The fraction of sp³-hybridized carbons (Fsp3) is 0.500. The molecule has 0 aliphatic carbocycles. The maximum atomic E-state index is 12.4. The Morgan fingerprint density at radius 1 is 1.59 bits per heavy atom. The highest BCUT2D eigenvalue weighted by molar-refractivity contribution is 7.13. The lowest BCUT2D eigenvalue weighted by molar-refractivity contribution is -0.134. The minimum absolute atomic E-state index is 0.0000737. The van der Waals surface area contributed by atoms with Crippen LogP contribution in [-0.2, 0) is 11.2 Å². The molecule has 118 valence electrons. The van der Waals surface area contributed by atoms with E-state index in [2.05, 4.69) is 4.98 Å².